The highest BCUT2D eigenvalue weighted by molar-refractivity contribution is 7.99. The minimum absolute atomic E-state index is 0.481. The van der Waals surface area contributed by atoms with E-state index in [0.29, 0.717) is 10.3 Å². The van der Waals surface area contributed by atoms with Crippen LogP contribution in [0.4, 0.5) is 0 Å². The number of aromatic nitrogens is 6. The topological polar surface area (TPSA) is 69.4 Å². The Bertz CT molecular complexity index is 540. The van der Waals surface area contributed by atoms with Gasteiger partial charge in [-0.25, -0.2) is 14.6 Å². The molecule has 0 unspecified atom stereocenters. The van der Waals surface area contributed by atoms with Crippen LogP contribution in [0.15, 0.2) is 10.2 Å². The summed E-state index contributed by atoms with van der Waals surface area (Å²) in [6.07, 6.45) is 0.741. The Morgan fingerprint density at radius 1 is 1.35 bits per heavy atom. The summed E-state index contributed by atoms with van der Waals surface area (Å²) in [5.74, 6) is 0.721. The second-order valence-electron chi connectivity index (χ2n) is 3.40. The first-order valence-electron chi connectivity index (χ1n) is 5.05. The third-order valence-corrected chi connectivity index (χ3v) is 3.66. The van der Waals surface area contributed by atoms with Gasteiger partial charge in [0.2, 0.25) is 5.16 Å². The molecule has 0 atom stereocenters. The second kappa shape index (κ2) is 4.97. The van der Waals surface area contributed by atoms with E-state index in [0.717, 1.165) is 22.8 Å². The number of nitrogens with zero attached hydrogens (tertiary/aromatic N) is 6. The highest BCUT2D eigenvalue weighted by atomic mass is 35.5. The summed E-state index contributed by atoms with van der Waals surface area (Å²) in [5, 5.41) is 13.2. The van der Waals surface area contributed by atoms with Crippen molar-refractivity contribution in [3.8, 4) is 0 Å². The molecule has 0 fully saturated rings. The molecule has 17 heavy (non-hydrogen) atoms. The molecule has 2 rings (SSSR count). The Hall–Kier alpha value is -1.21. The average Bonchev–Trinajstić information content (AvgIpc) is 2.70. The SMILES string of the molecule is CCc1nc(Cl)c(C)c(Sc2nnnn2C)n1. The van der Waals surface area contributed by atoms with Gasteiger partial charge in [0.15, 0.2) is 0 Å². The number of halogens is 1. The van der Waals surface area contributed by atoms with Gasteiger partial charge in [0.05, 0.1) is 0 Å². The molecule has 0 aliphatic rings. The molecule has 90 valence electrons. The lowest BCUT2D eigenvalue weighted by Gasteiger charge is -2.06. The zero-order chi connectivity index (χ0) is 12.4. The Balaban J connectivity index is 2.38. The molecule has 0 saturated carbocycles. The summed E-state index contributed by atoms with van der Waals surface area (Å²) in [4.78, 5) is 8.61. The normalized spacial score (nSPS) is 10.8. The lowest BCUT2D eigenvalue weighted by atomic mass is 10.3. The van der Waals surface area contributed by atoms with E-state index >= 15 is 0 Å². The molecule has 0 amide bonds. The van der Waals surface area contributed by atoms with Crippen LogP contribution in [0, 0.1) is 6.92 Å². The smallest absolute Gasteiger partial charge is 0.215 e. The molecule has 0 N–H and O–H groups in total. The van der Waals surface area contributed by atoms with Crippen molar-refractivity contribution in [3.05, 3.63) is 16.5 Å². The summed E-state index contributed by atoms with van der Waals surface area (Å²) < 4.78 is 1.59. The van der Waals surface area contributed by atoms with Gasteiger partial charge in [0.1, 0.15) is 16.0 Å². The maximum absolute atomic E-state index is 6.05. The molecule has 0 spiro atoms. The van der Waals surface area contributed by atoms with Crippen molar-refractivity contribution >= 4 is 23.4 Å². The Kier molecular flexibility index (Phi) is 3.58. The zero-order valence-electron chi connectivity index (χ0n) is 9.68. The van der Waals surface area contributed by atoms with E-state index in [1.165, 1.54) is 11.8 Å². The molecule has 0 aliphatic heterocycles. The lowest BCUT2D eigenvalue weighted by Crippen LogP contribution is -2.00. The van der Waals surface area contributed by atoms with Gasteiger partial charge in [-0.1, -0.05) is 18.5 Å². The highest BCUT2D eigenvalue weighted by Gasteiger charge is 2.13. The van der Waals surface area contributed by atoms with Crippen LogP contribution in [-0.2, 0) is 13.5 Å². The van der Waals surface area contributed by atoms with Crippen LogP contribution in [-0.4, -0.2) is 30.2 Å². The van der Waals surface area contributed by atoms with E-state index in [-0.39, 0.29) is 0 Å². The van der Waals surface area contributed by atoms with Crippen LogP contribution >= 0.6 is 23.4 Å². The minimum Gasteiger partial charge on any atom is -0.226 e. The molecule has 8 heteroatoms. The van der Waals surface area contributed by atoms with E-state index in [1.54, 1.807) is 11.7 Å². The predicted octanol–water partition coefficient (Wildman–Crippen LogP) is 1.68. The van der Waals surface area contributed by atoms with Crippen molar-refractivity contribution in [2.45, 2.75) is 30.5 Å². The number of tetrazole rings is 1. The fourth-order valence-electron chi connectivity index (χ4n) is 1.16. The van der Waals surface area contributed by atoms with Crippen molar-refractivity contribution in [1.29, 1.82) is 0 Å². The molecular formula is C9H11ClN6S. The molecule has 0 bridgehead atoms. The van der Waals surface area contributed by atoms with Crippen LogP contribution in [0.3, 0.4) is 0 Å². The third-order valence-electron chi connectivity index (χ3n) is 2.17. The van der Waals surface area contributed by atoms with Crippen molar-refractivity contribution < 1.29 is 0 Å². The molecule has 0 saturated heterocycles. The Labute approximate surface area is 108 Å². The van der Waals surface area contributed by atoms with Crippen molar-refractivity contribution in [1.82, 2.24) is 30.2 Å². The van der Waals surface area contributed by atoms with E-state index in [9.17, 15) is 0 Å². The van der Waals surface area contributed by atoms with Gasteiger partial charge in [-0.3, -0.25) is 0 Å². The molecule has 2 aromatic heterocycles. The molecule has 0 aromatic carbocycles. The van der Waals surface area contributed by atoms with Crippen molar-refractivity contribution in [2.75, 3.05) is 0 Å². The fourth-order valence-corrected chi connectivity index (χ4v) is 2.23. The minimum atomic E-state index is 0.481. The van der Waals surface area contributed by atoms with Crippen LogP contribution in [0.25, 0.3) is 0 Å². The van der Waals surface area contributed by atoms with E-state index in [2.05, 4.69) is 25.5 Å². The molecular weight excluding hydrogens is 260 g/mol. The van der Waals surface area contributed by atoms with E-state index in [1.807, 2.05) is 13.8 Å². The van der Waals surface area contributed by atoms with Gasteiger partial charge >= 0.3 is 0 Å². The lowest BCUT2D eigenvalue weighted by molar-refractivity contribution is 0.664. The maximum Gasteiger partial charge on any atom is 0.215 e. The van der Waals surface area contributed by atoms with Gasteiger partial charge in [-0.15, -0.1) is 5.10 Å². The van der Waals surface area contributed by atoms with E-state index in [4.69, 9.17) is 11.6 Å². The monoisotopic (exact) mass is 270 g/mol. The van der Waals surface area contributed by atoms with Gasteiger partial charge in [-0.2, -0.15) is 0 Å². The van der Waals surface area contributed by atoms with E-state index < -0.39 is 0 Å². The predicted molar refractivity (Wildman–Crippen MR) is 64.1 cm³/mol. The first-order chi connectivity index (χ1) is 8.11. The number of hydrogen-bond acceptors (Lipinski definition) is 6. The standard InChI is InChI=1S/C9H11ClN6S/c1-4-6-11-7(10)5(2)8(12-6)17-9-13-14-15-16(9)3/h4H2,1-3H3. The largest absolute Gasteiger partial charge is 0.226 e. The molecule has 2 aromatic rings. The summed E-state index contributed by atoms with van der Waals surface area (Å²) in [6, 6.07) is 0. The molecule has 6 nitrogen and oxygen atoms in total. The number of aryl methyl sites for hydroxylation is 2. The molecule has 0 radical (unpaired) electrons. The summed E-state index contributed by atoms with van der Waals surface area (Å²) >= 11 is 7.44. The summed E-state index contributed by atoms with van der Waals surface area (Å²) in [6.45, 7) is 3.87. The average molecular weight is 271 g/mol. The van der Waals surface area contributed by atoms with Gasteiger partial charge < -0.3 is 0 Å². The van der Waals surface area contributed by atoms with Crippen molar-refractivity contribution in [2.24, 2.45) is 7.05 Å². The Morgan fingerprint density at radius 3 is 2.71 bits per heavy atom. The summed E-state index contributed by atoms with van der Waals surface area (Å²) in [7, 11) is 1.78. The van der Waals surface area contributed by atoms with Crippen LogP contribution in [0.2, 0.25) is 5.15 Å². The summed E-state index contributed by atoms with van der Waals surface area (Å²) in [5.41, 5.74) is 0.844. The first-order valence-corrected chi connectivity index (χ1v) is 6.24. The highest BCUT2D eigenvalue weighted by Crippen LogP contribution is 2.29. The zero-order valence-corrected chi connectivity index (χ0v) is 11.2. The molecule has 0 aliphatic carbocycles. The maximum atomic E-state index is 6.05. The van der Waals surface area contributed by atoms with Gasteiger partial charge in [0, 0.05) is 19.0 Å². The Morgan fingerprint density at radius 2 is 2.12 bits per heavy atom. The fraction of sp³-hybridized carbons (Fsp3) is 0.444. The van der Waals surface area contributed by atoms with Gasteiger partial charge in [0.25, 0.3) is 0 Å². The van der Waals surface area contributed by atoms with Crippen LogP contribution < -0.4 is 0 Å². The first kappa shape index (κ1) is 12.3. The number of hydrogen-bond donors (Lipinski definition) is 0. The van der Waals surface area contributed by atoms with Gasteiger partial charge in [-0.05, 0) is 29.1 Å². The van der Waals surface area contributed by atoms with Crippen LogP contribution in [0.5, 0.6) is 0 Å². The molecule has 2 heterocycles. The number of rotatable bonds is 3. The third kappa shape index (κ3) is 2.55. The second-order valence-corrected chi connectivity index (χ2v) is 4.72. The van der Waals surface area contributed by atoms with Crippen molar-refractivity contribution in [3.63, 3.8) is 0 Å². The van der Waals surface area contributed by atoms with Crippen LogP contribution in [0.1, 0.15) is 18.3 Å². The quantitative estimate of drug-likeness (QED) is 0.791.